The maximum Gasteiger partial charge on any atom is 0.271 e. The van der Waals surface area contributed by atoms with E-state index >= 15 is 0 Å². The van der Waals surface area contributed by atoms with E-state index in [1.165, 1.54) is 18.6 Å². The number of hydrogen-bond donors (Lipinski definition) is 2. The van der Waals surface area contributed by atoms with Gasteiger partial charge in [0.15, 0.2) is 0 Å². The van der Waals surface area contributed by atoms with Crippen molar-refractivity contribution in [1.82, 2.24) is 15.3 Å². The standard InChI is InChI=1S/C15H11N3O3S/c19-14(12-8-16-4-5-17-12)18-7-10-6-9-2-1-3-11(15(20)22)13(9)21-10/h1-6,8H,7H2,(H,18,19)(H,20,22). The van der Waals surface area contributed by atoms with Crippen LogP contribution in [-0.2, 0) is 6.54 Å². The first-order chi connectivity index (χ1) is 10.6. The fraction of sp³-hybridized carbons (Fsp3) is 0.0667. The van der Waals surface area contributed by atoms with Gasteiger partial charge in [-0.25, -0.2) is 4.98 Å². The van der Waals surface area contributed by atoms with Crippen molar-refractivity contribution in [3.8, 4) is 0 Å². The maximum absolute atomic E-state index is 11.9. The van der Waals surface area contributed by atoms with Gasteiger partial charge in [-0.1, -0.05) is 12.1 Å². The molecule has 0 radical (unpaired) electrons. The van der Waals surface area contributed by atoms with Gasteiger partial charge in [-0.3, -0.25) is 14.6 Å². The number of aromatic nitrogens is 2. The average molecular weight is 313 g/mol. The summed E-state index contributed by atoms with van der Waals surface area (Å²) >= 11 is 3.82. The molecule has 0 unspecified atom stereocenters. The molecule has 0 atom stereocenters. The number of rotatable bonds is 4. The van der Waals surface area contributed by atoms with E-state index in [2.05, 4.69) is 27.9 Å². The summed E-state index contributed by atoms with van der Waals surface area (Å²) in [5.41, 5.74) is 1.09. The smallest absolute Gasteiger partial charge is 0.271 e. The summed E-state index contributed by atoms with van der Waals surface area (Å²) in [4.78, 5) is 31.1. The van der Waals surface area contributed by atoms with Crippen LogP contribution >= 0.6 is 12.6 Å². The Labute approximate surface area is 131 Å². The number of para-hydroxylation sites is 1. The van der Waals surface area contributed by atoms with E-state index in [1.54, 1.807) is 18.2 Å². The van der Waals surface area contributed by atoms with E-state index in [0.717, 1.165) is 5.39 Å². The van der Waals surface area contributed by atoms with Crippen molar-refractivity contribution in [3.63, 3.8) is 0 Å². The number of hydrogen-bond acceptors (Lipinski definition) is 5. The van der Waals surface area contributed by atoms with E-state index in [-0.39, 0.29) is 23.3 Å². The molecule has 1 amide bonds. The third-order valence-corrected chi connectivity index (χ3v) is 3.29. The van der Waals surface area contributed by atoms with Gasteiger partial charge in [0.05, 0.1) is 18.3 Å². The van der Waals surface area contributed by atoms with Crippen molar-refractivity contribution in [1.29, 1.82) is 0 Å². The van der Waals surface area contributed by atoms with Crippen molar-refractivity contribution in [2.75, 3.05) is 0 Å². The van der Waals surface area contributed by atoms with Crippen LogP contribution in [0.3, 0.4) is 0 Å². The van der Waals surface area contributed by atoms with Crippen LogP contribution in [0.2, 0.25) is 0 Å². The van der Waals surface area contributed by atoms with Gasteiger partial charge < -0.3 is 9.73 Å². The van der Waals surface area contributed by atoms with Crippen molar-refractivity contribution in [2.24, 2.45) is 0 Å². The van der Waals surface area contributed by atoms with E-state index in [4.69, 9.17) is 4.42 Å². The Morgan fingerprint density at radius 3 is 2.86 bits per heavy atom. The zero-order valence-electron chi connectivity index (χ0n) is 11.3. The van der Waals surface area contributed by atoms with Crippen LogP contribution in [0.1, 0.15) is 26.6 Å². The number of benzene rings is 1. The highest BCUT2D eigenvalue weighted by atomic mass is 32.1. The SMILES string of the molecule is O=C(NCc1cc2cccc(C(=O)S)c2o1)c1cnccn1. The monoisotopic (exact) mass is 313 g/mol. The molecule has 0 aliphatic heterocycles. The second kappa shape index (κ2) is 5.98. The Hall–Kier alpha value is -2.67. The Balaban J connectivity index is 1.79. The summed E-state index contributed by atoms with van der Waals surface area (Å²) in [6.45, 7) is 0.185. The van der Waals surface area contributed by atoms with Gasteiger partial charge in [-0.15, -0.1) is 12.6 Å². The van der Waals surface area contributed by atoms with Crippen molar-refractivity contribution in [3.05, 3.63) is 59.9 Å². The van der Waals surface area contributed by atoms with Gasteiger partial charge >= 0.3 is 0 Å². The number of amides is 1. The third-order valence-electron chi connectivity index (χ3n) is 3.04. The number of furan rings is 1. The minimum atomic E-state index is -0.366. The highest BCUT2D eigenvalue weighted by Crippen LogP contribution is 2.24. The molecule has 1 N–H and O–H groups in total. The number of thiol groups is 1. The van der Waals surface area contributed by atoms with E-state index in [0.29, 0.717) is 16.9 Å². The van der Waals surface area contributed by atoms with Gasteiger partial charge in [0.1, 0.15) is 17.0 Å². The lowest BCUT2D eigenvalue weighted by Gasteiger charge is -2.01. The number of fused-ring (bicyclic) bond motifs is 1. The van der Waals surface area contributed by atoms with Gasteiger partial charge in [0, 0.05) is 17.8 Å². The van der Waals surface area contributed by atoms with Crippen molar-refractivity contribution in [2.45, 2.75) is 6.54 Å². The fourth-order valence-electron chi connectivity index (χ4n) is 2.05. The molecule has 7 heteroatoms. The molecule has 0 spiro atoms. The van der Waals surface area contributed by atoms with Crippen LogP contribution in [0.15, 0.2) is 47.3 Å². The molecular weight excluding hydrogens is 302 g/mol. The van der Waals surface area contributed by atoms with Crippen molar-refractivity contribution < 1.29 is 14.0 Å². The van der Waals surface area contributed by atoms with Crippen molar-refractivity contribution >= 4 is 34.6 Å². The molecule has 0 saturated carbocycles. The predicted molar refractivity (Wildman–Crippen MR) is 82.7 cm³/mol. The van der Waals surface area contributed by atoms with Crippen LogP contribution in [-0.4, -0.2) is 21.0 Å². The summed E-state index contributed by atoms with van der Waals surface area (Å²) in [5.74, 6) is 0.188. The first-order valence-corrected chi connectivity index (χ1v) is 6.89. The molecule has 0 aliphatic carbocycles. The predicted octanol–water partition coefficient (Wildman–Crippen LogP) is 2.22. The molecule has 6 nitrogen and oxygen atoms in total. The average Bonchev–Trinajstić information content (AvgIpc) is 2.96. The Morgan fingerprint density at radius 2 is 2.14 bits per heavy atom. The normalized spacial score (nSPS) is 10.6. The topological polar surface area (TPSA) is 85.1 Å². The maximum atomic E-state index is 11.9. The number of nitrogens with one attached hydrogen (secondary N) is 1. The second-order valence-electron chi connectivity index (χ2n) is 4.52. The molecule has 1 aromatic carbocycles. The Morgan fingerprint density at radius 1 is 1.27 bits per heavy atom. The lowest BCUT2D eigenvalue weighted by molar-refractivity contribution is 0.0942. The van der Waals surface area contributed by atoms with Crippen LogP contribution in [0.5, 0.6) is 0 Å². The highest BCUT2D eigenvalue weighted by molar-refractivity contribution is 7.97. The molecule has 0 aliphatic rings. The lowest BCUT2D eigenvalue weighted by Crippen LogP contribution is -2.23. The molecular formula is C15H11N3O3S. The molecule has 22 heavy (non-hydrogen) atoms. The quantitative estimate of drug-likeness (QED) is 0.721. The summed E-state index contributed by atoms with van der Waals surface area (Å²) < 4.78 is 5.63. The number of carbonyl (C=O) groups is 2. The highest BCUT2D eigenvalue weighted by Gasteiger charge is 2.13. The molecule has 0 fully saturated rings. The Kier molecular flexibility index (Phi) is 3.88. The Bertz CT molecular complexity index is 846. The summed E-state index contributed by atoms with van der Waals surface area (Å²) in [6, 6.07) is 6.99. The van der Waals surface area contributed by atoms with Gasteiger partial charge in [-0.05, 0) is 12.1 Å². The van der Waals surface area contributed by atoms with Gasteiger partial charge in [0.25, 0.3) is 5.91 Å². The molecule has 0 saturated heterocycles. The largest absolute Gasteiger partial charge is 0.458 e. The van der Waals surface area contributed by atoms with Crippen LogP contribution < -0.4 is 5.32 Å². The van der Waals surface area contributed by atoms with E-state index < -0.39 is 0 Å². The zero-order chi connectivity index (χ0) is 15.5. The minimum Gasteiger partial charge on any atom is -0.458 e. The lowest BCUT2D eigenvalue weighted by atomic mass is 10.2. The first-order valence-electron chi connectivity index (χ1n) is 6.44. The molecule has 3 rings (SSSR count). The van der Waals surface area contributed by atoms with Crippen LogP contribution in [0.4, 0.5) is 0 Å². The molecule has 3 aromatic rings. The third kappa shape index (κ3) is 2.84. The van der Waals surface area contributed by atoms with Gasteiger partial charge in [0.2, 0.25) is 5.12 Å². The number of nitrogens with zero attached hydrogens (tertiary/aromatic N) is 2. The zero-order valence-corrected chi connectivity index (χ0v) is 12.2. The number of carbonyl (C=O) groups excluding carboxylic acids is 2. The minimum absolute atomic E-state index is 0.185. The van der Waals surface area contributed by atoms with E-state index in [1.807, 2.05) is 6.07 Å². The van der Waals surface area contributed by atoms with Crippen LogP contribution in [0, 0.1) is 0 Å². The van der Waals surface area contributed by atoms with E-state index in [9.17, 15) is 9.59 Å². The molecule has 2 heterocycles. The molecule has 0 bridgehead atoms. The molecule has 2 aromatic heterocycles. The fourth-order valence-corrected chi connectivity index (χ4v) is 2.22. The second-order valence-corrected chi connectivity index (χ2v) is 4.92. The first kappa shape index (κ1) is 14.3. The summed E-state index contributed by atoms with van der Waals surface area (Å²) in [7, 11) is 0. The van der Waals surface area contributed by atoms with Gasteiger partial charge in [-0.2, -0.15) is 0 Å². The summed E-state index contributed by atoms with van der Waals surface area (Å²) in [5, 5.41) is 3.10. The molecule has 110 valence electrons. The van der Waals surface area contributed by atoms with Crippen LogP contribution in [0.25, 0.3) is 11.0 Å². The summed E-state index contributed by atoms with van der Waals surface area (Å²) in [6.07, 6.45) is 4.32.